The number of ether oxygens (including phenoxy) is 1. The van der Waals surface area contributed by atoms with Crippen molar-refractivity contribution in [2.24, 2.45) is 5.92 Å². The van der Waals surface area contributed by atoms with Crippen molar-refractivity contribution in [2.45, 2.75) is 37.6 Å². The van der Waals surface area contributed by atoms with Crippen LogP contribution in [-0.4, -0.2) is 42.1 Å². The van der Waals surface area contributed by atoms with E-state index in [9.17, 15) is 0 Å². The average Bonchev–Trinajstić information content (AvgIpc) is 2.70. The van der Waals surface area contributed by atoms with Crippen LogP contribution in [0.15, 0.2) is 0 Å². The molecule has 2 unspecified atom stereocenters. The van der Waals surface area contributed by atoms with Crippen LogP contribution in [0.25, 0.3) is 0 Å². The molecule has 0 bridgehead atoms. The Balaban J connectivity index is 1.91. The van der Waals surface area contributed by atoms with E-state index in [1.165, 1.54) is 6.42 Å². The fourth-order valence-electron chi connectivity index (χ4n) is 2.47. The molecule has 0 aromatic carbocycles. The highest BCUT2D eigenvalue weighted by molar-refractivity contribution is 6.21. The second-order valence-electron chi connectivity index (χ2n) is 5.09. The Bertz CT molecular complexity index is 201. The number of likely N-dealkylation sites (tertiary alicyclic amines) is 1. The molecule has 82 valence electrons. The molecule has 2 atom stereocenters. The second-order valence-corrected chi connectivity index (χ2v) is 5.61. The molecule has 0 radical (unpaired) electrons. The molecule has 0 N–H and O–H groups in total. The lowest BCUT2D eigenvalue weighted by Crippen LogP contribution is -2.45. The van der Waals surface area contributed by atoms with Crippen LogP contribution in [0.3, 0.4) is 0 Å². The lowest BCUT2D eigenvalue weighted by Gasteiger charge is -2.35. The van der Waals surface area contributed by atoms with E-state index in [2.05, 4.69) is 18.7 Å². The summed E-state index contributed by atoms with van der Waals surface area (Å²) < 4.78 is 5.40. The summed E-state index contributed by atoms with van der Waals surface area (Å²) in [5, 5.41) is 0.310. The topological polar surface area (TPSA) is 12.5 Å². The number of hydrogen-bond donors (Lipinski definition) is 0. The predicted molar refractivity (Wildman–Crippen MR) is 58.8 cm³/mol. The van der Waals surface area contributed by atoms with Crippen molar-refractivity contribution >= 4 is 11.6 Å². The zero-order chi connectivity index (χ0) is 10.2. The van der Waals surface area contributed by atoms with Crippen molar-refractivity contribution in [3.05, 3.63) is 0 Å². The molecule has 0 spiro atoms. The van der Waals surface area contributed by atoms with Crippen molar-refractivity contribution < 1.29 is 4.74 Å². The van der Waals surface area contributed by atoms with E-state index < -0.39 is 0 Å². The fourth-order valence-corrected chi connectivity index (χ4v) is 2.71. The van der Waals surface area contributed by atoms with E-state index in [-0.39, 0.29) is 5.54 Å². The summed E-state index contributed by atoms with van der Waals surface area (Å²) in [6.45, 7) is 8.72. The van der Waals surface area contributed by atoms with Crippen LogP contribution < -0.4 is 0 Å². The summed E-state index contributed by atoms with van der Waals surface area (Å²) in [5.41, 5.74) is 0.171. The Morgan fingerprint density at radius 3 is 2.71 bits per heavy atom. The van der Waals surface area contributed by atoms with Crippen molar-refractivity contribution in [1.82, 2.24) is 4.90 Å². The third-order valence-electron chi connectivity index (χ3n) is 3.74. The molecule has 2 aliphatic heterocycles. The number of hydrogen-bond acceptors (Lipinski definition) is 2. The van der Waals surface area contributed by atoms with Crippen molar-refractivity contribution in [3.63, 3.8) is 0 Å². The number of alkyl halides is 1. The molecule has 0 aromatic rings. The Labute approximate surface area is 91.6 Å². The summed E-state index contributed by atoms with van der Waals surface area (Å²) in [5.74, 6) is 0.733. The molecular weight excluding hydrogens is 198 g/mol. The molecule has 2 rings (SSSR count). The van der Waals surface area contributed by atoms with Gasteiger partial charge in [0.2, 0.25) is 0 Å². The molecule has 2 aliphatic rings. The quantitative estimate of drug-likeness (QED) is 0.657. The van der Waals surface area contributed by atoms with E-state index in [0.717, 1.165) is 38.6 Å². The SMILES string of the molecule is CC1(C)C(Cl)CCN1CC1CCOC1. The maximum Gasteiger partial charge on any atom is 0.0526 e. The number of rotatable bonds is 2. The van der Waals surface area contributed by atoms with Gasteiger partial charge >= 0.3 is 0 Å². The van der Waals surface area contributed by atoms with Gasteiger partial charge in [0.05, 0.1) is 12.0 Å². The maximum absolute atomic E-state index is 6.31. The third kappa shape index (κ3) is 1.93. The molecule has 14 heavy (non-hydrogen) atoms. The third-order valence-corrected chi connectivity index (χ3v) is 4.49. The standard InChI is InChI=1S/C11H20ClNO/c1-11(2)10(12)3-5-13(11)7-9-4-6-14-8-9/h9-10H,3-8H2,1-2H3. The summed E-state index contributed by atoms with van der Waals surface area (Å²) in [4.78, 5) is 2.53. The van der Waals surface area contributed by atoms with E-state index in [0.29, 0.717) is 5.38 Å². The fraction of sp³-hybridized carbons (Fsp3) is 1.00. The molecule has 2 fully saturated rings. The molecule has 3 heteroatoms. The summed E-state index contributed by atoms with van der Waals surface area (Å²) in [7, 11) is 0. The summed E-state index contributed by atoms with van der Waals surface area (Å²) in [6.07, 6.45) is 2.35. The number of nitrogens with zero attached hydrogens (tertiary/aromatic N) is 1. The van der Waals surface area contributed by atoms with Crippen LogP contribution in [0.1, 0.15) is 26.7 Å². The summed E-state index contributed by atoms with van der Waals surface area (Å²) >= 11 is 6.31. The van der Waals surface area contributed by atoms with Crippen molar-refractivity contribution in [2.75, 3.05) is 26.3 Å². The minimum atomic E-state index is 0.171. The largest absolute Gasteiger partial charge is 0.381 e. The van der Waals surface area contributed by atoms with E-state index in [4.69, 9.17) is 16.3 Å². The average molecular weight is 218 g/mol. The summed E-state index contributed by atoms with van der Waals surface area (Å²) in [6, 6.07) is 0. The van der Waals surface area contributed by atoms with Crippen LogP contribution >= 0.6 is 11.6 Å². The van der Waals surface area contributed by atoms with E-state index in [1.807, 2.05) is 0 Å². The first-order valence-electron chi connectivity index (χ1n) is 5.57. The Kier molecular flexibility index (Phi) is 3.06. The highest BCUT2D eigenvalue weighted by Crippen LogP contribution is 2.34. The minimum absolute atomic E-state index is 0.171. The minimum Gasteiger partial charge on any atom is -0.381 e. The first kappa shape index (κ1) is 10.7. The highest BCUT2D eigenvalue weighted by Gasteiger charge is 2.40. The highest BCUT2D eigenvalue weighted by atomic mass is 35.5. The van der Waals surface area contributed by atoms with Gasteiger partial charge in [-0.25, -0.2) is 0 Å². The van der Waals surface area contributed by atoms with Gasteiger partial charge < -0.3 is 4.74 Å². The van der Waals surface area contributed by atoms with E-state index >= 15 is 0 Å². The van der Waals surface area contributed by atoms with Crippen molar-refractivity contribution in [1.29, 1.82) is 0 Å². The monoisotopic (exact) mass is 217 g/mol. The molecule has 0 aromatic heterocycles. The van der Waals surface area contributed by atoms with E-state index in [1.54, 1.807) is 0 Å². The van der Waals surface area contributed by atoms with Crippen LogP contribution in [0, 0.1) is 5.92 Å². The molecular formula is C11H20ClNO. The molecule has 2 heterocycles. The van der Waals surface area contributed by atoms with Crippen LogP contribution in [-0.2, 0) is 4.74 Å². The van der Waals surface area contributed by atoms with Gasteiger partial charge in [-0.2, -0.15) is 0 Å². The van der Waals surface area contributed by atoms with Crippen LogP contribution in [0.2, 0.25) is 0 Å². The van der Waals surface area contributed by atoms with Gasteiger partial charge in [-0.1, -0.05) is 0 Å². The van der Waals surface area contributed by atoms with Crippen LogP contribution in [0.5, 0.6) is 0 Å². The van der Waals surface area contributed by atoms with Gasteiger partial charge in [-0.3, -0.25) is 4.90 Å². The molecule has 0 aliphatic carbocycles. The predicted octanol–water partition coefficient (Wildman–Crippen LogP) is 2.11. The molecule has 0 amide bonds. The van der Waals surface area contributed by atoms with Gasteiger partial charge in [0.25, 0.3) is 0 Å². The zero-order valence-corrected chi connectivity index (χ0v) is 9.89. The molecule has 2 saturated heterocycles. The van der Waals surface area contributed by atoms with Gasteiger partial charge in [-0.15, -0.1) is 11.6 Å². The van der Waals surface area contributed by atoms with Crippen molar-refractivity contribution in [3.8, 4) is 0 Å². The zero-order valence-electron chi connectivity index (χ0n) is 9.13. The van der Waals surface area contributed by atoms with Gasteiger partial charge in [0, 0.05) is 25.2 Å². The first-order valence-corrected chi connectivity index (χ1v) is 6.01. The van der Waals surface area contributed by atoms with Crippen LogP contribution in [0.4, 0.5) is 0 Å². The maximum atomic E-state index is 6.31. The number of halogens is 1. The van der Waals surface area contributed by atoms with Gasteiger partial charge in [0.15, 0.2) is 0 Å². The molecule has 2 nitrogen and oxygen atoms in total. The first-order chi connectivity index (χ1) is 6.60. The smallest absolute Gasteiger partial charge is 0.0526 e. The lowest BCUT2D eigenvalue weighted by atomic mass is 9.99. The second kappa shape index (κ2) is 3.99. The van der Waals surface area contributed by atoms with Gasteiger partial charge in [0.1, 0.15) is 0 Å². The molecule has 0 saturated carbocycles. The Morgan fingerprint density at radius 1 is 1.43 bits per heavy atom. The van der Waals surface area contributed by atoms with Gasteiger partial charge in [-0.05, 0) is 32.6 Å². The Morgan fingerprint density at radius 2 is 2.21 bits per heavy atom. The lowest BCUT2D eigenvalue weighted by molar-refractivity contribution is 0.132. The Hall–Kier alpha value is 0.210. The normalized spacial score (nSPS) is 37.9.